The molecule has 2 aromatic rings. The van der Waals surface area contributed by atoms with Gasteiger partial charge in [-0.15, -0.1) is 0 Å². The molecule has 0 aliphatic carbocycles. The van der Waals surface area contributed by atoms with E-state index in [1.165, 1.54) is 0 Å². The fraction of sp³-hybridized carbons (Fsp3) is 0.250. The molecule has 0 bridgehead atoms. The zero-order valence-corrected chi connectivity index (χ0v) is 12.9. The van der Waals surface area contributed by atoms with E-state index in [0.717, 1.165) is 5.56 Å². The monoisotopic (exact) mass is 334 g/mol. The van der Waals surface area contributed by atoms with Crippen LogP contribution in [0.4, 0.5) is 4.79 Å². The van der Waals surface area contributed by atoms with Crippen LogP contribution in [0.1, 0.15) is 22.8 Å². The van der Waals surface area contributed by atoms with Crippen molar-refractivity contribution >= 4 is 17.7 Å². The Morgan fingerprint density at radius 3 is 3.13 bits per heavy atom. The topological polar surface area (TPSA) is 80.7 Å². The first kappa shape index (κ1) is 15.6. The lowest BCUT2D eigenvalue weighted by Gasteiger charge is -2.14. The molecule has 6 nitrogen and oxygen atoms in total. The molecule has 120 valence electrons. The van der Waals surface area contributed by atoms with Gasteiger partial charge in [0.25, 0.3) is 0 Å². The summed E-state index contributed by atoms with van der Waals surface area (Å²) in [6.07, 6.45) is 0.552. The Balaban J connectivity index is 1.61. The minimum absolute atomic E-state index is 0.151. The van der Waals surface area contributed by atoms with E-state index in [-0.39, 0.29) is 19.8 Å². The molecule has 0 saturated heterocycles. The number of nitrogens with one attached hydrogen (secondary N) is 1. The highest BCUT2D eigenvalue weighted by Gasteiger charge is 2.28. The number of rotatable bonds is 4. The number of carbonyl (C=O) groups is 1. The molecular weight excluding hydrogens is 320 g/mol. The number of carbonyl (C=O) groups excluding carboxylic acids is 1. The quantitative estimate of drug-likeness (QED) is 0.898. The third-order valence-electron chi connectivity index (χ3n) is 3.56. The highest BCUT2D eigenvalue weighted by molar-refractivity contribution is 6.31. The van der Waals surface area contributed by atoms with E-state index in [9.17, 15) is 9.90 Å². The highest BCUT2D eigenvalue weighted by Crippen LogP contribution is 2.32. The van der Waals surface area contributed by atoms with Crippen molar-refractivity contribution in [2.45, 2.75) is 19.3 Å². The van der Waals surface area contributed by atoms with Gasteiger partial charge in [-0.3, -0.25) is 0 Å². The smallest absolute Gasteiger partial charge is 0.408 e. The number of ether oxygens (including phenoxy) is 2. The lowest BCUT2D eigenvalue weighted by Crippen LogP contribution is -2.26. The minimum atomic E-state index is -0.584. The maximum Gasteiger partial charge on any atom is 0.408 e. The minimum Gasteiger partial charge on any atom is -0.473 e. The standard InChI is InChI=1S/C16H15ClN2O4/c17-13-5-1-3-10(8-20)12(13)7-19-16(21)23-14-9-22-15-11(14)4-2-6-18-15/h1-6,14,20H,7-9H2,(H,19,21). The van der Waals surface area contributed by atoms with Gasteiger partial charge in [0, 0.05) is 17.8 Å². The van der Waals surface area contributed by atoms with E-state index < -0.39 is 12.2 Å². The van der Waals surface area contributed by atoms with Crippen molar-refractivity contribution in [1.82, 2.24) is 10.3 Å². The molecule has 1 aliphatic heterocycles. The predicted octanol–water partition coefficient (Wildman–Crippen LogP) is 2.59. The molecule has 2 heterocycles. The number of aliphatic hydroxyl groups excluding tert-OH is 1. The molecule has 7 heteroatoms. The molecule has 1 aliphatic rings. The van der Waals surface area contributed by atoms with Gasteiger partial charge < -0.3 is 19.9 Å². The first-order chi connectivity index (χ1) is 11.2. The predicted molar refractivity (Wildman–Crippen MR) is 83.2 cm³/mol. The molecule has 1 amide bonds. The van der Waals surface area contributed by atoms with Gasteiger partial charge in [-0.1, -0.05) is 23.7 Å². The Morgan fingerprint density at radius 1 is 1.43 bits per heavy atom. The van der Waals surface area contributed by atoms with Crippen molar-refractivity contribution in [3.8, 4) is 5.88 Å². The molecule has 2 N–H and O–H groups in total. The first-order valence-electron chi connectivity index (χ1n) is 7.08. The number of hydrogen-bond acceptors (Lipinski definition) is 5. The zero-order chi connectivity index (χ0) is 16.2. The molecular formula is C16H15ClN2O4. The van der Waals surface area contributed by atoms with Crippen molar-refractivity contribution in [2.24, 2.45) is 0 Å². The van der Waals surface area contributed by atoms with E-state index in [1.807, 2.05) is 6.07 Å². The number of aromatic nitrogens is 1. The number of pyridine rings is 1. The van der Waals surface area contributed by atoms with Crippen LogP contribution in [0.3, 0.4) is 0 Å². The van der Waals surface area contributed by atoms with Crippen LogP contribution < -0.4 is 10.1 Å². The SMILES string of the molecule is O=C(NCc1c(Cl)cccc1CO)OC1COc2ncccc21. The van der Waals surface area contributed by atoms with Crippen molar-refractivity contribution in [3.05, 3.63) is 58.2 Å². The Morgan fingerprint density at radius 2 is 2.30 bits per heavy atom. The van der Waals surface area contributed by atoms with Crippen LogP contribution in [0.15, 0.2) is 36.5 Å². The molecule has 1 unspecified atom stereocenters. The maximum absolute atomic E-state index is 12.0. The van der Waals surface area contributed by atoms with Crippen LogP contribution in [0.2, 0.25) is 5.02 Å². The van der Waals surface area contributed by atoms with Crippen LogP contribution in [0.5, 0.6) is 5.88 Å². The zero-order valence-electron chi connectivity index (χ0n) is 12.2. The van der Waals surface area contributed by atoms with Gasteiger partial charge in [0.05, 0.1) is 12.2 Å². The van der Waals surface area contributed by atoms with Crippen LogP contribution in [0.25, 0.3) is 0 Å². The third-order valence-corrected chi connectivity index (χ3v) is 3.92. The van der Waals surface area contributed by atoms with Crippen molar-refractivity contribution < 1.29 is 19.4 Å². The van der Waals surface area contributed by atoms with Crippen molar-refractivity contribution in [1.29, 1.82) is 0 Å². The number of benzene rings is 1. The molecule has 0 radical (unpaired) electrons. The van der Waals surface area contributed by atoms with E-state index >= 15 is 0 Å². The van der Waals surface area contributed by atoms with Gasteiger partial charge in [-0.05, 0) is 29.3 Å². The van der Waals surface area contributed by atoms with Gasteiger partial charge in [0.1, 0.15) is 6.61 Å². The number of nitrogens with zero attached hydrogens (tertiary/aromatic N) is 1. The fourth-order valence-electron chi connectivity index (χ4n) is 2.39. The number of alkyl carbamates (subject to hydrolysis) is 1. The number of hydrogen-bond donors (Lipinski definition) is 2. The van der Waals surface area contributed by atoms with Gasteiger partial charge in [0.2, 0.25) is 5.88 Å². The summed E-state index contributed by atoms with van der Waals surface area (Å²) in [5.74, 6) is 0.485. The molecule has 0 spiro atoms. The Hall–Kier alpha value is -2.31. The second-order valence-electron chi connectivity index (χ2n) is 4.99. The maximum atomic E-state index is 12.0. The second kappa shape index (κ2) is 6.85. The molecule has 0 saturated carbocycles. The average molecular weight is 335 g/mol. The summed E-state index contributed by atoms with van der Waals surface area (Å²) in [7, 11) is 0. The van der Waals surface area contributed by atoms with Crippen LogP contribution in [0, 0.1) is 0 Å². The van der Waals surface area contributed by atoms with Crippen LogP contribution in [-0.4, -0.2) is 22.8 Å². The number of aliphatic hydroxyl groups is 1. The summed E-state index contributed by atoms with van der Waals surface area (Å²) >= 11 is 6.10. The Labute approximate surface area is 138 Å². The lowest BCUT2D eigenvalue weighted by molar-refractivity contribution is 0.0821. The van der Waals surface area contributed by atoms with Crippen LogP contribution in [-0.2, 0) is 17.9 Å². The molecule has 23 heavy (non-hydrogen) atoms. The highest BCUT2D eigenvalue weighted by atomic mass is 35.5. The van der Waals surface area contributed by atoms with Crippen molar-refractivity contribution in [3.63, 3.8) is 0 Å². The van der Waals surface area contributed by atoms with E-state index in [0.29, 0.717) is 22.0 Å². The molecule has 0 fully saturated rings. The fourth-order valence-corrected chi connectivity index (χ4v) is 2.65. The second-order valence-corrected chi connectivity index (χ2v) is 5.40. The number of amides is 1. The normalized spacial score (nSPS) is 15.7. The summed E-state index contributed by atoms with van der Waals surface area (Å²) in [5, 5.41) is 12.4. The average Bonchev–Trinajstić information content (AvgIpc) is 2.96. The Kier molecular flexibility index (Phi) is 4.64. The van der Waals surface area contributed by atoms with E-state index in [4.69, 9.17) is 21.1 Å². The first-order valence-corrected chi connectivity index (χ1v) is 7.46. The van der Waals surface area contributed by atoms with Crippen LogP contribution >= 0.6 is 11.6 Å². The van der Waals surface area contributed by atoms with Crippen molar-refractivity contribution in [2.75, 3.05) is 6.61 Å². The summed E-state index contributed by atoms with van der Waals surface area (Å²) in [6.45, 7) is 0.262. The van der Waals surface area contributed by atoms with E-state index in [2.05, 4.69) is 10.3 Å². The Bertz CT molecular complexity index is 723. The van der Waals surface area contributed by atoms with E-state index in [1.54, 1.807) is 30.5 Å². The van der Waals surface area contributed by atoms with Gasteiger partial charge in [-0.2, -0.15) is 0 Å². The third kappa shape index (κ3) is 3.38. The molecule has 1 atom stereocenters. The summed E-state index contributed by atoms with van der Waals surface area (Å²) in [4.78, 5) is 16.0. The summed E-state index contributed by atoms with van der Waals surface area (Å²) in [5.41, 5.74) is 2.08. The van der Waals surface area contributed by atoms with Gasteiger partial charge in [-0.25, -0.2) is 9.78 Å². The van der Waals surface area contributed by atoms with Gasteiger partial charge >= 0.3 is 6.09 Å². The number of halogens is 1. The number of fused-ring (bicyclic) bond motifs is 1. The summed E-state index contributed by atoms with van der Waals surface area (Å²) in [6, 6.07) is 8.77. The molecule has 3 rings (SSSR count). The molecule has 1 aromatic carbocycles. The molecule has 1 aromatic heterocycles. The van der Waals surface area contributed by atoms with Gasteiger partial charge in [0.15, 0.2) is 6.10 Å². The largest absolute Gasteiger partial charge is 0.473 e. The lowest BCUT2D eigenvalue weighted by atomic mass is 10.1. The summed E-state index contributed by atoms with van der Waals surface area (Å²) < 4.78 is 10.7.